The Morgan fingerprint density at radius 2 is 1.68 bits per heavy atom. The zero-order valence-corrected chi connectivity index (χ0v) is 21.1. The second-order valence-electron chi connectivity index (χ2n) is 8.53. The molecule has 0 radical (unpaired) electrons. The molecule has 1 fully saturated rings. The van der Waals surface area contributed by atoms with Crippen molar-refractivity contribution in [1.29, 1.82) is 0 Å². The molecule has 1 aliphatic heterocycles. The van der Waals surface area contributed by atoms with Gasteiger partial charge in [-0.3, -0.25) is 4.79 Å². The summed E-state index contributed by atoms with van der Waals surface area (Å²) >= 11 is 0. The lowest BCUT2D eigenvalue weighted by molar-refractivity contribution is -0.116. The molecular formula is C26H37N3O4S. The number of carbonyl (C=O) groups is 1. The number of anilines is 1. The molecule has 0 aliphatic carbocycles. The number of para-hydroxylation sites is 2. The van der Waals surface area contributed by atoms with E-state index in [1.165, 1.54) is 0 Å². The quantitative estimate of drug-likeness (QED) is 0.487. The number of hydrogen-bond acceptors (Lipinski definition) is 5. The van der Waals surface area contributed by atoms with Gasteiger partial charge in [0.15, 0.2) is 0 Å². The average molecular weight is 488 g/mol. The van der Waals surface area contributed by atoms with E-state index in [1.807, 2.05) is 24.3 Å². The Bertz CT molecular complexity index is 1010. The van der Waals surface area contributed by atoms with Crippen LogP contribution in [-0.4, -0.2) is 62.9 Å². The highest BCUT2D eigenvalue weighted by Crippen LogP contribution is 2.24. The minimum absolute atomic E-state index is 0.107. The molecule has 7 nitrogen and oxygen atoms in total. The van der Waals surface area contributed by atoms with Crippen molar-refractivity contribution in [1.82, 2.24) is 9.21 Å². The summed E-state index contributed by atoms with van der Waals surface area (Å²) in [6, 6.07) is 14.4. The van der Waals surface area contributed by atoms with Gasteiger partial charge in [-0.1, -0.05) is 44.5 Å². The first-order valence-electron chi connectivity index (χ1n) is 12.3. The summed E-state index contributed by atoms with van der Waals surface area (Å²) in [4.78, 5) is 15.2. The van der Waals surface area contributed by atoms with Crippen LogP contribution in [0, 0.1) is 0 Å². The fourth-order valence-electron chi connectivity index (χ4n) is 4.07. The molecule has 1 heterocycles. The lowest BCUT2D eigenvalue weighted by Gasteiger charge is -2.25. The smallest absolute Gasteiger partial charge is 0.243 e. The number of piperidine rings is 1. The van der Waals surface area contributed by atoms with Gasteiger partial charge < -0.3 is 15.0 Å². The maximum Gasteiger partial charge on any atom is 0.243 e. The van der Waals surface area contributed by atoms with E-state index in [0.717, 1.165) is 44.5 Å². The van der Waals surface area contributed by atoms with Gasteiger partial charge in [0.25, 0.3) is 0 Å². The number of hydrogen-bond donors (Lipinski definition) is 1. The summed E-state index contributed by atoms with van der Waals surface area (Å²) in [5.41, 5.74) is 1.59. The number of ether oxygens (including phenoxy) is 1. The molecule has 0 atom stereocenters. The molecule has 1 amide bonds. The Kier molecular flexibility index (Phi) is 9.92. The molecule has 0 saturated carbocycles. The summed E-state index contributed by atoms with van der Waals surface area (Å²) in [7, 11) is -3.44. The van der Waals surface area contributed by atoms with Crippen LogP contribution < -0.4 is 10.1 Å². The molecule has 8 heteroatoms. The van der Waals surface area contributed by atoms with Crippen LogP contribution in [0.1, 0.15) is 45.1 Å². The van der Waals surface area contributed by atoms with Crippen LogP contribution in [0.5, 0.6) is 5.75 Å². The van der Waals surface area contributed by atoms with Crippen LogP contribution in [0.15, 0.2) is 53.4 Å². The van der Waals surface area contributed by atoms with Crippen LogP contribution in [-0.2, 0) is 21.2 Å². The fraction of sp³-hybridized carbons (Fsp3) is 0.500. The highest BCUT2D eigenvalue weighted by molar-refractivity contribution is 7.89. The first-order chi connectivity index (χ1) is 16.4. The van der Waals surface area contributed by atoms with Crippen LogP contribution >= 0.6 is 0 Å². The number of sulfonamides is 1. The Labute approximate surface area is 204 Å². The Balaban J connectivity index is 1.51. The van der Waals surface area contributed by atoms with Crippen molar-refractivity contribution in [3.8, 4) is 5.75 Å². The first-order valence-corrected chi connectivity index (χ1v) is 13.7. The van der Waals surface area contributed by atoms with Gasteiger partial charge >= 0.3 is 0 Å². The summed E-state index contributed by atoms with van der Waals surface area (Å²) in [5.74, 6) is 0.556. The Morgan fingerprint density at radius 3 is 2.35 bits per heavy atom. The monoisotopic (exact) mass is 487 g/mol. The molecule has 0 bridgehead atoms. The van der Waals surface area contributed by atoms with Crippen molar-refractivity contribution in [2.24, 2.45) is 0 Å². The van der Waals surface area contributed by atoms with E-state index in [-0.39, 0.29) is 5.91 Å². The van der Waals surface area contributed by atoms with E-state index in [0.29, 0.717) is 48.9 Å². The average Bonchev–Trinajstić information content (AvgIpc) is 2.87. The maximum absolute atomic E-state index is 12.8. The van der Waals surface area contributed by atoms with E-state index in [1.54, 1.807) is 28.6 Å². The minimum atomic E-state index is -3.44. The van der Waals surface area contributed by atoms with Crippen LogP contribution in [0.4, 0.5) is 5.69 Å². The molecule has 0 aromatic heterocycles. The van der Waals surface area contributed by atoms with Gasteiger partial charge in [-0.2, -0.15) is 4.31 Å². The van der Waals surface area contributed by atoms with Gasteiger partial charge in [0.2, 0.25) is 15.9 Å². The van der Waals surface area contributed by atoms with Gasteiger partial charge in [-0.25, -0.2) is 8.42 Å². The summed E-state index contributed by atoms with van der Waals surface area (Å²) in [6.07, 6.45) is 3.74. The van der Waals surface area contributed by atoms with E-state index in [2.05, 4.69) is 24.1 Å². The van der Waals surface area contributed by atoms with Crippen molar-refractivity contribution in [3.63, 3.8) is 0 Å². The summed E-state index contributed by atoms with van der Waals surface area (Å²) in [5, 5.41) is 2.95. The number of benzene rings is 2. The van der Waals surface area contributed by atoms with E-state index in [9.17, 15) is 13.2 Å². The number of likely N-dealkylation sites (N-methyl/N-ethyl adjacent to an activating group) is 1. The zero-order chi connectivity index (χ0) is 24.4. The van der Waals surface area contributed by atoms with Crippen molar-refractivity contribution >= 4 is 21.6 Å². The highest BCUT2D eigenvalue weighted by Gasteiger charge is 2.25. The van der Waals surface area contributed by atoms with Gasteiger partial charge in [0.05, 0.1) is 10.6 Å². The van der Waals surface area contributed by atoms with Crippen LogP contribution in [0.25, 0.3) is 0 Å². The third-order valence-corrected chi connectivity index (χ3v) is 8.15. The molecule has 34 heavy (non-hydrogen) atoms. The molecule has 2 aromatic carbocycles. The van der Waals surface area contributed by atoms with Gasteiger partial charge in [0, 0.05) is 26.1 Å². The molecule has 186 valence electrons. The van der Waals surface area contributed by atoms with Crippen molar-refractivity contribution < 1.29 is 17.9 Å². The Morgan fingerprint density at radius 1 is 1.00 bits per heavy atom. The van der Waals surface area contributed by atoms with Gasteiger partial charge in [0.1, 0.15) is 12.4 Å². The molecule has 0 spiro atoms. The largest absolute Gasteiger partial charge is 0.490 e. The zero-order valence-electron chi connectivity index (χ0n) is 20.3. The molecule has 0 unspecified atom stereocenters. The number of amides is 1. The number of nitrogens with zero attached hydrogens (tertiary/aromatic N) is 2. The second-order valence-corrected chi connectivity index (χ2v) is 10.5. The third-order valence-electron chi connectivity index (χ3n) is 6.24. The Hall–Kier alpha value is -2.42. The van der Waals surface area contributed by atoms with Gasteiger partial charge in [-0.15, -0.1) is 0 Å². The van der Waals surface area contributed by atoms with Crippen LogP contribution in [0.3, 0.4) is 0 Å². The van der Waals surface area contributed by atoms with E-state index < -0.39 is 10.0 Å². The number of aryl methyl sites for hydroxylation is 1. The number of rotatable bonds is 12. The molecule has 1 N–H and O–H groups in total. The first kappa shape index (κ1) is 26.2. The lowest BCUT2D eigenvalue weighted by atomic mass is 10.1. The highest BCUT2D eigenvalue weighted by atomic mass is 32.2. The maximum atomic E-state index is 12.8. The normalized spacial score (nSPS) is 14.8. The molecule has 2 aromatic rings. The van der Waals surface area contributed by atoms with Crippen molar-refractivity contribution in [3.05, 3.63) is 54.1 Å². The summed E-state index contributed by atoms with van der Waals surface area (Å²) < 4.78 is 33.1. The van der Waals surface area contributed by atoms with Crippen molar-refractivity contribution in [2.75, 3.05) is 44.6 Å². The van der Waals surface area contributed by atoms with Gasteiger partial charge in [-0.05, 0) is 62.2 Å². The minimum Gasteiger partial charge on any atom is -0.490 e. The van der Waals surface area contributed by atoms with Crippen LogP contribution in [0.2, 0.25) is 0 Å². The predicted molar refractivity (Wildman–Crippen MR) is 136 cm³/mol. The summed E-state index contributed by atoms with van der Waals surface area (Å²) in [6.45, 7) is 8.76. The van der Waals surface area contributed by atoms with Crippen molar-refractivity contribution in [2.45, 2.75) is 50.8 Å². The number of carbonyl (C=O) groups excluding carboxylic acids is 1. The van der Waals surface area contributed by atoms with E-state index in [4.69, 9.17) is 4.74 Å². The third kappa shape index (κ3) is 7.29. The predicted octanol–water partition coefficient (Wildman–Crippen LogP) is 4.15. The number of nitrogens with one attached hydrogen (secondary N) is 1. The molecule has 1 aliphatic rings. The molecule has 1 saturated heterocycles. The molecule has 3 rings (SSSR count). The SMILES string of the molecule is CCN(CC)CCOc1ccccc1NC(=O)CCc1ccc(S(=O)(=O)N2CCCCC2)cc1. The lowest BCUT2D eigenvalue weighted by Crippen LogP contribution is -2.35. The fourth-order valence-corrected chi connectivity index (χ4v) is 5.59. The molecular weight excluding hydrogens is 450 g/mol. The topological polar surface area (TPSA) is 79.0 Å². The standard InChI is InChI=1S/C26H37N3O4S/c1-3-28(4-2)20-21-33-25-11-7-6-10-24(25)27-26(30)17-14-22-12-15-23(16-13-22)34(31,32)29-18-8-5-9-19-29/h6-7,10-13,15-16H,3-5,8-9,14,17-21H2,1-2H3,(H,27,30). The second kappa shape index (κ2) is 12.9. The van der Waals surface area contributed by atoms with E-state index >= 15 is 0 Å².